The van der Waals surface area contributed by atoms with Crippen molar-refractivity contribution in [3.05, 3.63) is 27.5 Å². The first kappa shape index (κ1) is 12.8. The fraction of sp³-hybridized carbons (Fsp3) is 0.615. The van der Waals surface area contributed by atoms with E-state index >= 15 is 0 Å². The topological polar surface area (TPSA) is 43.8 Å². The Kier molecular flexibility index (Phi) is 4.05. The van der Waals surface area contributed by atoms with Crippen LogP contribution in [0.5, 0.6) is 0 Å². The van der Waals surface area contributed by atoms with Crippen molar-refractivity contribution in [2.75, 3.05) is 0 Å². The summed E-state index contributed by atoms with van der Waals surface area (Å²) >= 11 is 3.65. The second kappa shape index (κ2) is 5.36. The molecule has 0 radical (unpaired) electrons. The summed E-state index contributed by atoms with van der Waals surface area (Å²) in [5, 5.41) is 4.53. The van der Waals surface area contributed by atoms with Crippen LogP contribution in [0.4, 0.5) is 0 Å². The number of halogens is 1. The molecule has 1 unspecified atom stereocenters. The third-order valence-corrected chi connectivity index (χ3v) is 4.42. The van der Waals surface area contributed by atoms with Crippen LogP contribution in [0.25, 0.3) is 0 Å². The largest absolute Gasteiger partial charge is 0.327 e. The summed E-state index contributed by atoms with van der Waals surface area (Å²) in [5.74, 6) is 0. The van der Waals surface area contributed by atoms with E-state index in [0.29, 0.717) is 6.04 Å². The van der Waals surface area contributed by atoms with Crippen LogP contribution < -0.4 is 5.73 Å². The van der Waals surface area contributed by atoms with E-state index in [2.05, 4.69) is 38.7 Å². The zero-order valence-electron chi connectivity index (χ0n) is 10.5. The van der Waals surface area contributed by atoms with Gasteiger partial charge in [-0.3, -0.25) is 4.68 Å². The summed E-state index contributed by atoms with van der Waals surface area (Å²) in [7, 11) is 0. The van der Waals surface area contributed by atoms with E-state index < -0.39 is 0 Å². The Morgan fingerprint density at radius 1 is 1.59 bits per heavy atom. The highest BCUT2D eigenvalue weighted by Gasteiger charge is 2.16. The van der Waals surface area contributed by atoms with Crippen molar-refractivity contribution >= 4 is 15.9 Å². The van der Waals surface area contributed by atoms with E-state index in [-0.39, 0.29) is 0 Å². The molecule has 0 bridgehead atoms. The average molecular weight is 298 g/mol. The second-order valence-electron chi connectivity index (χ2n) is 4.74. The molecule has 94 valence electrons. The van der Waals surface area contributed by atoms with Gasteiger partial charge in [-0.05, 0) is 49.0 Å². The second-order valence-corrected chi connectivity index (χ2v) is 5.53. The lowest BCUT2D eigenvalue weighted by atomic mass is 9.93. The molecule has 3 nitrogen and oxygen atoms in total. The van der Waals surface area contributed by atoms with Gasteiger partial charge in [0.1, 0.15) is 0 Å². The molecule has 1 heterocycles. The van der Waals surface area contributed by atoms with Crippen molar-refractivity contribution in [1.29, 1.82) is 0 Å². The molecule has 0 amide bonds. The summed E-state index contributed by atoms with van der Waals surface area (Å²) < 4.78 is 3.25. The Morgan fingerprint density at radius 3 is 2.94 bits per heavy atom. The van der Waals surface area contributed by atoms with Gasteiger partial charge >= 0.3 is 0 Å². The normalized spacial score (nSPS) is 20.5. The number of hydrogen-bond donors (Lipinski definition) is 1. The Balaban J connectivity index is 2.18. The quantitative estimate of drug-likeness (QED) is 0.872. The summed E-state index contributed by atoms with van der Waals surface area (Å²) in [5.41, 5.74) is 9.79. The predicted octanol–water partition coefficient (Wildman–Crippen LogP) is 2.95. The third-order valence-electron chi connectivity index (χ3n) is 3.39. The molecule has 0 aromatic carbocycles. The van der Waals surface area contributed by atoms with Crippen molar-refractivity contribution in [2.45, 2.75) is 52.1 Å². The maximum Gasteiger partial charge on any atom is 0.0738 e. The number of rotatable bonds is 3. The molecule has 1 aliphatic rings. The van der Waals surface area contributed by atoms with Gasteiger partial charge in [-0.2, -0.15) is 5.10 Å². The first-order valence-corrected chi connectivity index (χ1v) is 7.06. The van der Waals surface area contributed by atoms with Crippen LogP contribution in [0, 0.1) is 6.92 Å². The Bertz CT molecular complexity index is 434. The maximum absolute atomic E-state index is 5.91. The highest BCUT2D eigenvalue weighted by molar-refractivity contribution is 9.10. The van der Waals surface area contributed by atoms with Gasteiger partial charge in [0.25, 0.3) is 0 Å². The van der Waals surface area contributed by atoms with Crippen LogP contribution in [0.15, 0.2) is 16.1 Å². The zero-order chi connectivity index (χ0) is 12.4. The summed E-state index contributed by atoms with van der Waals surface area (Å²) in [6.07, 6.45) is 6.57. The van der Waals surface area contributed by atoms with Crippen molar-refractivity contribution in [2.24, 2.45) is 5.73 Å². The van der Waals surface area contributed by atoms with Crippen molar-refractivity contribution < 1.29 is 0 Å². The number of aryl methyl sites for hydroxylation is 2. The first-order chi connectivity index (χ1) is 8.11. The summed E-state index contributed by atoms with van der Waals surface area (Å²) in [6, 6.07) is 0.361. The molecule has 2 N–H and O–H groups in total. The molecule has 0 saturated carbocycles. The molecule has 0 fully saturated rings. The fourth-order valence-electron chi connectivity index (χ4n) is 2.32. The molecule has 17 heavy (non-hydrogen) atoms. The molecule has 0 saturated heterocycles. The van der Waals surface area contributed by atoms with Crippen LogP contribution in [-0.2, 0) is 13.0 Å². The monoisotopic (exact) mass is 297 g/mol. The average Bonchev–Trinajstić information content (AvgIpc) is 2.59. The Morgan fingerprint density at radius 2 is 2.35 bits per heavy atom. The number of hydrogen-bond acceptors (Lipinski definition) is 2. The van der Waals surface area contributed by atoms with Gasteiger partial charge < -0.3 is 5.73 Å². The number of nitrogens with zero attached hydrogens (tertiary/aromatic N) is 2. The van der Waals surface area contributed by atoms with Crippen LogP contribution in [-0.4, -0.2) is 15.8 Å². The van der Waals surface area contributed by atoms with E-state index in [0.717, 1.165) is 42.4 Å². The van der Waals surface area contributed by atoms with Gasteiger partial charge in [0.05, 0.1) is 15.9 Å². The molecule has 1 aromatic heterocycles. The lowest BCUT2D eigenvalue weighted by Crippen LogP contribution is -2.22. The SMILES string of the molecule is CCn1nc(C)c(Br)c1CC1=CCC(N)CC1. The molecule has 0 aliphatic heterocycles. The number of aromatic nitrogens is 2. The van der Waals surface area contributed by atoms with Crippen LogP contribution in [0.2, 0.25) is 0 Å². The smallest absolute Gasteiger partial charge is 0.0738 e. The van der Waals surface area contributed by atoms with Gasteiger partial charge in [-0.25, -0.2) is 0 Å². The minimum absolute atomic E-state index is 0.361. The molecule has 4 heteroatoms. The molecule has 1 aliphatic carbocycles. The van der Waals surface area contributed by atoms with Crippen molar-refractivity contribution in [3.8, 4) is 0 Å². The van der Waals surface area contributed by atoms with E-state index in [1.54, 1.807) is 0 Å². The number of allylic oxidation sites excluding steroid dienone is 1. The van der Waals surface area contributed by atoms with Gasteiger partial charge in [-0.15, -0.1) is 0 Å². The van der Waals surface area contributed by atoms with Crippen molar-refractivity contribution in [1.82, 2.24) is 9.78 Å². The minimum atomic E-state index is 0.361. The fourth-order valence-corrected chi connectivity index (χ4v) is 2.75. The third kappa shape index (κ3) is 2.80. The predicted molar refractivity (Wildman–Crippen MR) is 74.0 cm³/mol. The van der Waals surface area contributed by atoms with Gasteiger partial charge in [0, 0.05) is 19.0 Å². The molecule has 1 aromatic rings. The van der Waals surface area contributed by atoms with Gasteiger partial charge in [-0.1, -0.05) is 11.6 Å². The molecular formula is C13H20BrN3. The standard InChI is InChI=1S/C13H20BrN3/c1-3-17-12(13(14)9(2)16-17)8-10-4-6-11(15)7-5-10/h4,11H,3,5-8,15H2,1-2H3. The maximum atomic E-state index is 5.91. The van der Waals surface area contributed by atoms with E-state index in [1.165, 1.54) is 11.3 Å². The molecular weight excluding hydrogens is 278 g/mol. The van der Waals surface area contributed by atoms with E-state index in [9.17, 15) is 0 Å². The Labute approximate surface area is 111 Å². The highest BCUT2D eigenvalue weighted by Crippen LogP contribution is 2.27. The van der Waals surface area contributed by atoms with Crippen LogP contribution in [0.1, 0.15) is 37.6 Å². The van der Waals surface area contributed by atoms with Crippen LogP contribution in [0.3, 0.4) is 0 Å². The van der Waals surface area contributed by atoms with Gasteiger partial charge in [0.15, 0.2) is 0 Å². The summed E-state index contributed by atoms with van der Waals surface area (Å²) in [4.78, 5) is 0. The van der Waals surface area contributed by atoms with E-state index in [1.807, 2.05) is 6.92 Å². The molecule has 0 spiro atoms. The van der Waals surface area contributed by atoms with Crippen molar-refractivity contribution in [3.63, 3.8) is 0 Å². The highest BCUT2D eigenvalue weighted by atomic mass is 79.9. The van der Waals surface area contributed by atoms with Gasteiger partial charge in [0.2, 0.25) is 0 Å². The lowest BCUT2D eigenvalue weighted by molar-refractivity contribution is 0.572. The summed E-state index contributed by atoms with van der Waals surface area (Å²) in [6.45, 7) is 5.10. The first-order valence-electron chi connectivity index (χ1n) is 6.27. The zero-order valence-corrected chi connectivity index (χ0v) is 12.1. The number of nitrogens with two attached hydrogens (primary N) is 1. The van der Waals surface area contributed by atoms with Crippen LogP contribution >= 0.6 is 15.9 Å². The Hall–Kier alpha value is -0.610. The minimum Gasteiger partial charge on any atom is -0.327 e. The lowest BCUT2D eigenvalue weighted by Gasteiger charge is -2.18. The van der Waals surface area contributed by atoms with E-state index in [4.69, 9.17) is 5.73 Å². The molecule has 1 atom stereocenters. The molecule has 2 rings (SSSR count).